The number of ether oxygens (including phenoxy) is 1. The summed E-state index contributed by atoms with van der Waals surface area (Å²) in [6, 6.07) is 0. The van der Waals surface area contributed by atoms with E-state index in [9.17, 15) is 9.59 Å². The number of hydrogen-bond acceptors (Lipinski definition) is 5. The number of anilines is 1. The molecule has 0 unspecified atom stereocenters. The van der Waals surface area contributed by atoms with E-state index in [4.69, 9.17) is 4.74 Å². The molecule has 1 aliphatic heterocycles. The lowest BCUT2D eigenvalue weighted by Gasteiger charge is -2.27. The highest BCUT2D eigenvalue weighted by Gasteiger charge is 2.67. The first-order valence-corrected chi connectivity index (χ1v) is 8.01. The lowest BCUT2D eigenvalue weighted by atomic mass is 9.79. The zero-order valence-corrected chi connectivity index (χ0v) is 12.2. The van der Waals surface area contributed by atoms with Gasteiger partial charge in [0.2, 0.25) is 5.91 Å². The molecule has 1 N–H and O–H groups in total. The largest absolute Gasteiger partial charge is 0.461 e. The van der Waals surface area contributed by atoms with Gasteiger partial charge in [-0.05, 0) is 12.3 Å². The van der Waals surface area contributed by atoms with Crippen LogP contribution in [-0.2, 0) is 14.3 Å². The van der Waals surface area contributed by atoms with E-state index in [-0.39, 0.29) is 46.5 Å². The van der Waals surface area contributed by atoms with E-state index in [1.165, 1.54) is 11.3 Å². The van der Waals surface area contributed by atoms with Crippen molar-refractivity contribution in [3.05, 3.63) is 11.6 Å². The van der Waals surface area contributed by atoms with Crippen LogP contribution in [0.15, 0.2) is 11.6 Å². The highest BCUT2D eigenvalue weighted by atomic mass is 79.9. The first kappa shape index (κ1) is 11.8. The summed E-state index contributed by atoms with van der Waals surface area (Å²) in [4.78, 5) is 28.5. The number of rotatable bonds is 2. The van der Waals surface area contributed by atoms with Crippen molar-refractivity contribution < 1.29 is 14.3 Å². The van der Waals surface area contributed by atoms with Crippen LogP contribution in [0.25, 0.3) is 0 Å². The number of alkyl halides is 1. The van der Waals surface area contributed by atoms with Crippen molar-refractivity contribution in [2.24, 2.45) is 23.7 Å². The Morgan fingerprint density at radius 2 is 2.37 bits per heavy atom. The number of aromatic nitrogens is 1. The van der Waals surface area contributed by atoms with Gasteiger partial charge in [-0.15, -0.1) is 11.3 Å². The smallest absolute Gasteiger partial charge is 0.310 e. The molecule has 0 aromatic carbocycles. The van der Waals surface area contributed by atoms with Crippen molar-refractivity contribution in [1.82, 2.24) is 4.98 Å². The number of nitrogens with zero attached hydrogens (tertiary/aromatic N) is 1. The summed E-state index contributed by atoms with van der Waals surface area (Å²) in [7, 11) is 0. The Morgan fingerprint density at radius 1 is 1.53 bits per heavy atom. The Hall–Kier alpha value is -0.950. The minimum atomic E-state index is -0.287. The SMILES string of the molecule is O=C(Nc1nccs1)[C@@H]1[C@@H]2C[C@H]3[C@H](OC(=O)[C@@H]31)[C@@H]2Br. The molecule has 7 heteroatoms. The van der Waals surface area contributed by atoms with E-state index < -0.39 is 0 Å². The molecule has 1 aromatic rings. The monoisotopic (exact) mass is 342 g/mol. The number of esters is 1. The summed E-state index contributed by atoms with van der Waals surface area (Å²) in [5.41, 5.74) is 0. The van der Waals surface area contributed by atoms with Crippen molar-refractivity contribution in [1.29, 1.82) is 0 Å². The molecule has 1 saturated heterocycles. The number of fused-ring (bicyclic) bond motifs is 1. The molecule has 2 aliphatic carbocycles. The number of hydrogen-bond donors (Lipinski definition) is 1. The van der Waals surface area contributed by atoms with Gasteiger partial charge in [0.15, 0.2) is 5.13 Å². The van der Waals surface area contributed by atoms with E-state index in [1.54, 1.807) is 6.20 Å². The normalized spacial score (nSPS) is 42.5. The molecule has 2 heterocycles. The van der Waals surface area contributed by atoms with Gasteiger partial charge < -0.3 is 10.1 Å². The molecular formula is C12H11BrN2O3S. The maximum absolute atomic E-state index is 12.4. The molecule has 3 fully saturated rings. The van der Waals surface area contributed by atoms with Crippen LogP contribution in [-0.4, -0.2) is 27.8 Å². The number of carbonyl (C=O) groups excluding carboxylic acids is 2. The minimum Gasteiger partial charge on any atom is -0.461 e. The van der Waals surface area contributed by atoms with Crippen molar-refractivity contribution in [3.63, 3.8) is 0 Å². The summed E-state index contributed by atoms with van der Waals surface area (Å²) in [5, 5.41) is 5.21. The van der Waals surface area contributed by atoms with Gasteiger partial charge in [-0.25, -0.2) is 4.98 Å². The Balaban J connectivity index is 1.61. The second-order valence-electron chi connectivity index (χ2n) is 5.29. The van der Waals surface area contributed by atoms with Gasteiger partial charge >= 0.3 is 5.97 Å². The topological polar surface area (TPSA) is 68.3 Å². The van der Waals surface area contributed by atoms with Crippen molar-refractivity contribution in [2.75, 3.05) is 5.32 Å². The van der Waals surface area contributed by atoms with E-state index in [0.29, 0.717) is 5.13 Å². The summed E-state index contributed by atoms with van der Waals surface area (Å²) in [6.45, 7) is 0. The van der Waals surface area contributed by atoms with Crippen molar-refractivity contribution in [2.45, 2.75) is 17.4 Å². The van der Waals surface area contributed by atoms with Gasteiger partial charge in [-0.3, -0.25) is 9.59 Å². The molecule has 1 amide bonds. The maximum atomic E-state index is 12.4. The zero-order valence-electron chi connectivity index (χ0n) is 9.78. The zero-order chi connectivity index (χ0) is 13.1. The fraction of sp³-hybridized carbons (Fsp3) is 0.583. The second-order valence-corrected chi connectivity index (χ2v) is 7.24. The molecule has 5 nitrogen and oxygen atoms in total. The second kappa shape index (κ2) is 4.02. The lowest BCUT2D eigenvalue weighted by Crippen LogP contribution is -2.40. The van der Waals surface area contributed by atoms with E-state index in [1.807, 2.05) is 5.38 Å². The maximum Gasteiger partial charge on any atom is 0.310 e. The van der Waals surface area contributed by atoms with E-state index in [2.05, 4.69) is 26.2 Å². The number of thiazole rings is 1. The van der Waals surface area contributed by atoms with E-state index in [0.717, 1.165) is 6.42 Å². The Labute approximate surface area is 121 Å². The standard InChI is InChI=1S/C12H11BrN2O3S/c13-8-4-3-5-7(11(17)18-9(5)8)6(4)10(16)15-12-14-1-2-19-12/h1-2,4-9H,3H2,(H,14,15,16)/t4-,5+,6+,7-,8+,9-/m0/s1. The van der Waals surface area contributed by atoms with Crippen LogP contribution in [0.5, 0.6) is 0 Å². The first-order valence-electron chi connectivity index (χ1n) is 6.22. The predicted molar refractivity (Wildman–Crippen MR) is 71.9 cm³/mol. The van der Waals surface area contributed by atoms with Crippen molar-refractivity contribution in [3.8, 4) is 0 Å². The van der Waals surface area contributed by atoms with Crippen LogP contribution in [0.4, 0.5) is 5.13 Å². The van der Waals surface area contributed by atoms with Crippen LogP contribution in [0.1, 0.15) is 6.42 Å². The third-order valence-corrected chi connectivity index (χ3v) is 6.38. The van der Waals surface area contributed by atoms with Gasteiger partial charge in [0.05, 0.1) is 16.7 Å². The van der Waals surface area contributed by atoms with Gasteiger partial charge in [-0.1, -0.05) is 15.9 Å². The summed E-state index contributed by atoms with van der Waals surface area (Å²) >= 11 is 4.97. The van der Waals surface area contributed by atoms with Crippen LogP contribution < -0.4 is 5.32 Å². The Kier molecular flexibility index (Phi) is 2.51. The molecule has 6 atom stereocenters. The molecular weight excluding hydrogens is 332 g/mol. The molecule has 19 heavy (non-hydrogen) atoms. The first-order chi connectivity index (χ1) is 9.16. The fourth-order valence-corrected chi connectivity index (χ4v) is 5.38. The minimum absolute atomic E-state index is 0.0357. The molecule has 1 aromatic heterocycles. The Morgan fingerprint density at radius 3 is 3.11 bits per heavy atom. The average Bonchev–Trinajstić information content (AvgIpc) is 3.07. The van der Waals surface area contributed by atoms with Gasteiger partial charge in [0.25, 0.3) is 0 Å². The van der Waals surface area contributed by atoms with Crippen LogP contribution in [0, 0.1) is 23.7 Å². The average molecular weight is 343 g/mol. The van der Waals surface area contributed by atoms with Crippen LogP contribution in [0.3, 0.4) is 0 Å². The predicted octanol–water partition coefficient (Wildman–Crippen LogP) is 1.65. The van der Waals surface area contributed by atoms with E-state index >= 15 is 0 Å². The number of amides is 1. The molecule has 2 bridgehead atoms. The lowest BCUT2D eigenvalue weighted by molar-refractivity contribution is -0.145. The summed E-state index contributed by atoms with van der Waals surface area (Å²) < 4.78 is 5.39. The molecule has 2 saturated carbocycles. The Bertz CT molecular complexity index is 549. The number of halogens is 1. The highest BCUT2D eigenvalue weighted by Crippen LogP contribution is 2.60. The molecule has 0 spiro atoms. The highest BCUT2D eigenvalue weighted by molar-refractivity contribution is 9.09. The van der Waals surface area contributed by atoms with Gasteiger partial charge in [0, 0.05) is 17.5 Å². The number of nitrogens with one attached hydrogen (secondary N) is 1. The van der Waals surface area contributed by atoms with Crippen molar-refractivity contribution >= 4 is 44.3 Å². The molecule has 4 rings (SSSR count). The molecule has 0 radical (unpaired) electrons. The molecule has 100 valence electrons. The quantitative estimate of drug-likeness (QED) is 0.655. The van der Waals surface area contributed by atoms with Gasteiger partial charge in [0.1, 0.15) is 6.10 Å². The molecule has 3 aliphatic rings. The third kappa shape index (κ3) is 1.54. The number of carbonyl (C=O) groups is 2. The third-order valence-electron chi connectivity index (χ3n) is 4.49. The summed E-state index contributed by atoms with van der Waals surface area (Å²) in [6.07, 6.45) is 2.51. The summed E-state index contributed by atoms with van der Waals surface area (Å²) in [5.74, 6) is -0.471. The van der Waals surface area contributed by atoms with Crippen LogP contribution in [0.2, 0.25) is 0 Å². The van der Waals surface area contributed by atoms with Crippen LogP contribution >= 0.6 is 27.3 Å². The van der Waals surface area contributed by atoms with Gasteiger partial charge in [-0.2, -0.15) is 0 Å². The fourth-order valence-electron chi connectivity index (χ4n) is 3.80.